The first kappa shape index (κ1) is 13.8. The maximum Gasteiger partial charge on any atom is 0.259 e. The first-order valence-corrected chi connectivity index (χ1v) is 8.23. The van der Waals surface area contributed by atoms with Crippen molar-refractivity contribution in [3.63, 3.8) is 0 Å². The Bertz CT molecular complexity index is 640. The molecular formula is C15H15BrN2OS. The smallest absolute Gasteiger partial charge is 0.259 e. The van der Waals surface area contributed by atoms with Crippen LogP contribution in [0, 0.1) is 0 Å². The van der Waals surface area contributed by atoms with E-state index in [0.717, 1.165) is 28.0 Å². The van der Waals surface area contributed by atoms with Gasteiger partial charge in [0.25, 0.3) is 5.91 Å². The first-order valence-electron chi connectivity index (χ1n) is 6.55. The molecule has 104 valence electrons. The number of carbonyl (C=O) groups excluding carboxylic acids is 1. The fourth-order valence-electron chi connectivity index (χ4n) is 2.71. The van der Waals surface area contributed by atoms with E-state index in [4.69, 9.17) is 5.73 Å². The average molecular weight is 351 g/mol. The Morgan fingerprint density at radius 1 is 1.45 bits per heavy atom. The fraction of sp³-hybridized carbons (Fsp3) is 0.267. The summed E-state index contributed by atoms with van der Waals surface area (Å²) in [7, 11) is 0. The lowest BCUT2D eigenvalue weighted by Crippen LogP contribution is -2.29. The van der Waals surface area contributed by atoms with Crippen LogP contribution in [-0.2, 0) is 0 Å². The number of amides is 1. The molecule has 0 saturated carbocycles. The second kappa shape index (κ2) is 5.68. The van der Waals surface area contributed by atoms with Crippen LogP contribution in [0.15, 0.2) is 39.5 Å². The Labute approximate surface area is 130 Å². The molecule has 2 heterocycles. The zero-order valence-electron chi connectivity index (χ0n) is 10.9. The summed E-state index contributed by atoms with van der Waals surface area (Å²) in [4.78, 5) is 14.5. The number of nitrogens with two attached hydrogens (primary N) is 1. The Balaban J connectivity index is 1.93. The number of hydrogen-bond acceptors (Lipinski definition) is 3. The number of anilines is 1. The molecule has 0 fully saturated rings. The van der Waals surface area contributed by atoms with Gasteiger partial charge < -0.3 is 10.6 Å². The summed E-state index contributed by atoms with van der Waals surface area (Å²) in [6.45, 7) is 1.37. The van der Waals surface area contributed by atoms with Crippen LogP contribution in [0.3, 0.4) is 0 Å². The van der Waals surface area contributed by atoms with Crippen molar-refractivity contribution < 1.29 is 4.79 Å². The van der Waals surface area contributed by atoms with Gasteiger partial charge in [-0.3, -0.25) is 4.79 Å². The van der Waals surface area contributed by atoms with Gasteiger partial charge in [-0.05, 0) is 46.6 Å². The molecule has 1 aliphatic rings. The van der Waals surface area contributed by atoms with Crippen LogP contribution in [0.2, 0.25) is 0 Å². The van der Waals surface area contributed by atoms with Crippen molar-refractivity contribution in [1.29, 1.82) is 0 Å². The van der Waals surface area contributed by atoms with Crippen LogP contribution in [0.5, 0.6) is 0 Å². The third-order valence-corrected chi connectivity index (χ3v) is 5.15. The molecule has 0 bridgehead atoms. The second-order valence-electron chi connectivity index (χ2n) is 4.89. The van der Waals surface area contributed by atoms with Gasteiger partial charge in [-0.15, -0.1) is 11.3 Å². The molecule has 5 heteroatoms. The van der Waals surface area contributed by atoms with Gasteiger partial charge in [-0.2, -0.15) is 0 Å². The van der Waals surface area contributed by atoms with Crippen molar-refractivity contribution in [3.8, 4) is 0 Å². The number of benzene rings is 1. The van der Waals surface area contributed by atoms with Crippen molar-refractivity contribution >= 4 is 38.9 Å². The van der Waals surface area contributed by atoms with Gasteiger partial charge in [0.1, 0.15) is 0 Å². The van der Waals surface area contributed by atoms with Crippen LogP contribution >= 0.6 is 27.3 Å². The van der Waals surface area contributed by atoms with Gasteiger partial charge in [0.05, 0.1) is 9.35 Å². The summed E-state index contributed by atoms with van der Waals surface area (Å²) >= 11 is 4.94. The number of halogens is 1. The maximum atomic E-state index is 12.7. The summed E-state index contributed by atoms with van der Waals surface area (Å²) < 4.78 is 0.979. The number of fused-ring (bicyclic) bond motifs is 1. The number of rotatable bonds is 3. The SMILES string of the molecule is NCCC1CN(C(=O)c2csc(Br)c2)c2ccccc21. The lowest BCUT2D eigenvalue weighted by molar-refractivity contribution is 0.0988. The molecule has 1 aliphatic heterocycles. The number of thiophene rings is 1. The highest BCUT2D eigenvalue weighted by Gasteiger charge is 2.32. The van der Waals surface area contributed by atoms with Gasteiger partial charge in [0, 0.05) is 23.5 Å². The molecule has 1 unspecified atom stereocenters. The second-order valence-corrected chi connectivity index (χ2v) is 7.18. The van der Waals surface area contributed by atoms with Crippen LogP contribution < -0.4 is 10.6 Å². The van der Waals surface area contributed by atoms with Crippen molar-refractivity contribution in [1.82, 2.24) is 0 Å². The molecule has 2 N–H and O–H groups in total. The highest BCUT2D eigenvalue weighted by Crippen LogP contribution is 2.38. The van der Waals surface area contributed by atoms with E-state index in [1.807, 2.05) is 34.5 Å². The summed E-state index contributed by atoms with van der Waals surface area (Å²) in [5.74, 6) is 0.418. The minimum atomic E-state index is 0.0684. The molecule has 0 spiro atoms. The van der Waals surface area contributed by atoms with E-state index in [0.29, 0.717) is 12.5 Å². The number of carbonyl (C=O) groups is 1. The van der Waals surface area contributed by atoms with Crippen molar-refractivity contribution in [2.75, 3.05) is 18.0 Å². The Kier molecular flexibility index (Phi) is 3.92. The summed E-state index contributed by atoms with van der Waals surface area (Å²) in [6.07, 6.45) is 0.911. The fourth-order valence-corrected chi connectivity index (χ4v) is 3.84. The molecule has 3 nitrogen and oxygen atoms in total. The van der Waals surface area contributed by atoms with Gasteiger partial charge in [0.15, 0.2) is 0 Å². The van der Waals surface area contributed by atoms with E-state index >= 15 is 0 Å². The zero-order valence-corrected chi connectivity index (χ0v) is 13.3. The molecule has 0 saturated heterocycles. The molecule has 1 aromatic heterocycles. The van der Waals surface area contributed by atoms with Gasteiger partial charge in [-0.1, -0.05) is 18.2 Å². The van der Waals surface area contributed by atoms with E-state index in [1.165, 1.54) is 16.9 Å². The standard InChI is InChI=1S/C15H15BrN2OS/c16-14-7-11(9-20-14)15(19)18-8-10(5-6-17)12-3-1-2-4-13(12)18/h1-4,7,9-10H,5-6,8,17H2. The van der Waals surface area contributed by atoms with Gasteiger partial charge in [-0.25, -0.2) is 0 Å². The topological polar surface area (TPSA) is 46.3 Å². The Morgan fingerprint density at radius 2 is 2.25 bits per heavy atom. The highest BCUT2D eigenvalue weighted by molar-refractivity contribution is 9.11. The molecule has 1 amide bonds. The number of nitrogens with zero attached hydrogens (tertiary/aromatic N) is 1. The highest BCUT2D eigenvalue weighted by atomic mass is 79.9. The van der Waals surface area contributed by atoms with Crippen LogP contribution in [0.25, 0.3) is 0 Å². The van der Waals surface area contributed by atoms with Crippen molar-refractivity contribution in [2.24, 2.45) is 5.73 Å². The summed E-state index contributed by atoms with van der Waals surface area (Å²) in [6, 6.07) is 10.0. The van der Waals surface area contributed by atoms with Crippen molar-refractivity contribution in [2.45, 2.75) is 12.3 Å². The van der Waals surface area contributed by atoms with Crippen molar-refractivity contribution in [3.05, 3.63) is 50.6 Å². The molecule has 0 aliphatic carbocycles. The minimum absolute atomic E-state index is 0.0684. The molecule has 3 rings (SSSR count). The van der Waals surface area contributed by atoms with Gasteiger partial charge in [0.2, 0.25) is 0 Å². The molecule has 1 aromatic carbocycles. The van der Waals surface area contributed by atoms with E-state index in [2.05, 4.69) is 22.0 Å². The maximum absolute atomic E-state index is 12.7. The predicted octanol–water partition coefficient (Wildman–Crippen LogP) is 3.60. The van der Waals surface area contributed by atoms with E-state index in [1.54, 1.807) is 0 Å². The van der Waals surface area contributed by atoms with Gasteiger partial charge >= 0.3 is 0 Å². The third kappa shape index (κ3) is 2.41. The number of hydrogen-bond donors (Lipinski definition) is 1. The molecular weight excluding hydrogens is 336 g/mol. The van der Waals surface area contributed by atoms with E-state index < -0.39 is 0 Å². The normalized spacial score (nSPS) is 17.3. The zero-order chi connectivity index (χ0) is 14.1. The lowest BCUT2D eigenvalue weighted by Gasteiger charge is -2.17. The molecule has 20 heavy (non-hydrogen) atoms. The van der Waals surface area contributed by atoms with Crippen LogP contribution in [0.4, 0.5) is 5.69 Å². The lowest BCUT2D eigenvalue weighted by atomic mass is 9.98. The number of para-hydroxylation sites is 1. The quantitative estimate of drug-likeness (QED) is 0.918. The Morgan fingerprint density at radius 3 is 2.95 bits per heavy atom. The minimum Gasteiger partial charge on any atom is -0.330 e. The predicted molar refractivity (Wildman–Crippen MR) is 86.5 cm³/mol. The molecule has 0 radical (unpaired) electrons. The average Bonchev–Trinajstić information content (AvgIpc) is 3.04. The first-order chi connectivity index (χ1) is 9.70. The summed E-state index contributed by atoms with van der Waals surface area (Å²) in [5, 5.41) is 1.89. The third-order valence-electron chi connectivity index (χ3n) is 3.65. The van der Waals surface area contributed by atoms with E-state index in [-0.39, 0.29) is 5.91 Å². The van der Waals surface area contributed by atoms with Crippen LogP contribution in [0.1, 0.15) is 28.3 Å². The monoisotopic (exact) mass is 350 g/mol. The molecule has 2 aromatic rings. The summed E-state index contributed by atoms with van der Waals surface area (Å²) in [5.41, 5.74) is 8.70. The van der Waals surface area contributed by atoms with E-state index in [9.17, 15) is 4.79 Å². The molecule has 1 atom stereocenters. The Hall–Kier alpha value is -1.17. The largest absolute Gasteiger partial charge is 0.330 e. The van der Waals surface area contributed by atoms with Crippen LogP contribution in [-0.4, -0.2) is 19.0 Å².